The second-order valence-corrected chi connectivity index (χ2v) is 3.77. The van der Waals surface area contributed by atoms with Crippen LogP contribution in [0.15, 0.2) is 12.4 Å². The molecule has 0 spiro atoms. The van der Waals surface area contributed by atoms with Crippen molar-refractivity contribution in [3.8, 4) is 0 Å². The van der Waals surface area contributed by atoms with Gasteiger partial charge in [-0.05, 0) is 14.0 Å². The van der Waals surface area contributed by atoms with E-state index in [0.717, 1.165) is 37.8 Å². The number of methoxy groups -OCH3 is 1. The predicted octanol–water partition coefficient (Wildman–Crippen LogP) is 0.775. The van der Waals surface area contributed by atoms with E-state index in [2.05, 4.69) is 27.2 Å². The molecule has 90 valence electrons. The number of hydrogen-bond acceptors (Lipinski definition) is 5. The van der Waals surface area contributed by atoms with Gasteiger partial charge in [-0.1, -0.05) is 0 Å². The fourth-order valence-electron chi connectivity index (χ4n) is 1.28. The van der Waals surface area contributed by atoms with E-state index in [9.17, 15) is 0 Å². The topological polar surface area (TPSA) is 50.3 Å². The number of anilines is 1. The molecule has 1 aromatic rings. The molecule has 1 aromatic heterocycles. The van der Waals surface area contributed by atoms with Gasteiger partial charge < -0.3 is 15.0 Å². The highest BCUT2D eigenvalue weighted by Gasteiger charge is 1.98. The number of aryl methyl sites for hydroxylation is 1. The summed E-state index contributed by atoms with van der Waals surface area (Å²) in [5.41, 5.74) is 0.977. The lowest BCUT2D eigenvalue weighted by molar-refractivity contribution is 0.163. The largest absolute Gasteiger partial charge is 0.383 e. The average molecular weight is 224 g/mol. The number of nitrogens with zero attached hydrogens (tertiary/aromatic N) is 3. The summed E-state index contributed by atoms with van der Waals surface area (Å²) in [6, 6.07) is 1.94. The molecule has 0 saturated heterocycles. The lowest BCUT2D eigenvalue weighted by Crippen LogP contribution is -2.28. The minimum atomic E-state index is 0.767. The summed E-state index contributed by atoms with van der Waals surface area (Å²) >= 11 is 0. The Morgan fingerprint density at radius 2 is 2.19 bits per heavy atom. The van der Waals surface area contributed by atoms with E-state index in [1.165, 1.54) is 0 Å². The van der Waals surface area contributed by atoms with Crippen LogP contribution in [0.2, 0.25) is 0 Å². The summed E-state index contributed by atoms with van der Waals surface area (Å²) in [4.78, 5) is 10.4. The second-order valence-electron chi connectivity index (χ2n) is 3.77. The van der Waals surface area contributed by atoms with E-state index in [4.69, 9.17) is 4.74 Å². The quantitative estimate of drug-likeness (QED) is 0.741. The Morgan fingerprint density at radius 1 is 1.38 bits per heavy atom. The minimum absolute atomic E-state index is 0.767. The van der Waals surface area contributed by atoms with E-state index in [0.29, 0.717) is 0 Å². The molecule has 0 amide bonds. The van der Waals surface area contributed by atoms with Crippen LogP contribution in [-0.4, -0.2) is 55.3 Å². The van der Waals surface area contributed by atoms with Crippen LogP contribution in [0.4, 0.5) is 5.82 Å². The minimum Gasteiger partial charge on any atom is -0.383 e. The zero-order chi connectivity index (χ0) is 11.8. The van der Waals surface area contributed by atoms with E-state index < -0.39 is 0 Å². The van der Waals surface area contributed by atoms with Crippen LogP contribution in [0, 0.1) is 6.92 Å². The summed E-state index contributed by atoms with van der Waals surface area (Å²) in [5, 5.41) is 3.26. The molecule has 1 N–H and O–H groups in total. The molecule has 0 bridgehead atoms. The van der Waals surface area contributed by atoms with E-state index in [1.807, 2.05) is 13.0 Å². The Labute approximate surface area is 96.8 Å². The van der Waals surface area contributed by atoms with Crippen molar-refractivity contribution < 1.29 is 4.74 Å². The van der Waals surface area contributed by atoms with Gasteiger partial charge in [0.05, 0.1) is 6.61 Å². The van der Waals surface area contributed by atoms with Gasteiger partial charge in [0.1, 0.15) is 12.1 Å². The summed E-state index contributed by atoms with van der Waals surface area (Å²) < 4.78 is 5.01. The van der Waals surface area contributed by atoms with E-state index >= 15 is 0 Å². The highest BCUT2D eigenvalue weighted by Crippen LogP contribution is 2.01. The maximum Gasteiger partial charge on any atom is 0.129 e. The van der Waals surface area contributed by atoms with Crippen LogP contribution >= 0.6 is 0 Å². The molecule has 1 rings (SSSR count). The lowest BCUT2D eigenvalue weighted by Gasteiger charge is -2.16. The van der Waals surface area contributed by atoms with E-state index in [1.54, 1.807) is 13.4 Å². The number of aromatic nitrogens is 2. The second kappa shape index (κ2) is 7.14. The van der Waals surface area contributed by atoms with Crippen molar-refractivity contribution in [3.63, 3.8) is 0 Å². The van der Waals surface area contributed by atoms with Gasteiger partial charge in [-0.3, -0.25) is 0 Å². The van der Waals surface area contributed by atoms with Crippen molar-refractivity contribution >= 4 is 5.82 Å². The molecule has 5 nitrogen and oxygen atoms in total. The molecule has 1 heterocycles. The number of rotatable bonds is 7. The Kier molecular flexibility index (Phi) is 5.74. The first kappa shape index (κ1) is 12.9. The summed E-state index contributed by atoms with van der Waals surface area (Å²) in [6.45, 7) is 5.50. The van der Waals surface area contributed by atoms with Gasteiger partial charge in [-0.2, -0.15) is 0 Å². The fraction of sp³-hybridized carbons (Fsp3) is 0.636. The number of hydrogen-bond donors (Lipinski definition) is 1. The molecule has 5 heteroatoms. The molecule has 0 fully saturated rings. The Balaban J connectivity index is 2.20. The Morgan fingerprint density at radius 3 is 2.88 bits per heavy atom. The Bertz CT molecular complexity index is 306. The maximum absolute atomic E-state index is 5.01. The molecule has 0 radical (unpaired) electrons. The van der Waals surface area contributed by atoms with Crippen LogP contribution in [0.25, 0.3) is 0 Å². The van der Waals surface area contributed by atoms with Crippen molar-refractivity contribution in [1.82, 2.24) is 14.9 Å². The SMILES string of the molecule is COCCN(C)CCNc1cc(C)ncn1. The summed E-state index contributed by atoms with van der Waals surface area (Å²) in [7, 11) is 3.79. The maximum atomic E-state index is 5.01. The van der Waals surface area contributed by atoms with Gasteiger partial charge in [-0.15, -0.1) is 0 Å². The smallest absolute Gasteiger partial charge is 0.129 e. The predicted molar refractivity (Wildman–Crippen MR) is 64.6 cm³/mol. The molecular formula is C11H20N4O. The third-order valence-electron chi connectivity index (χ3n) is 2.28. The fourth-order valence-corrected chi connectivity index (χ4v) is 1.28. The first-order chi connectivity index (χ1) is 7.72. The van der Waals surface area contributed by atoms with Crippen molar-refractivity contribution in [2.45, 2.75) is 6.92 Å². The first-order valence-corrected chi connectivity index (χ1v) is 5.42. The zero-order valence-electron chi connectivity index (χ0n) is 10.2. The molecule has 0 aliphatic heterocycles. The molecule has 0 saturated carbocycles. The van der Waals surface area contributed by atoms with Gasteiger partial charge in [-0.25, -0.2) is 9.97 Å². The molecule has 0 aromatic carbocycles. The van der Waals surface area contributed by atoms with Crippen LogP contribution in [-0.2, 0) is 4.74 Å². The number of nitrogens with one attached hydrogen (secondary N) is 1. The highest BCUT2D eigenvalue weighted by atomic mass is 16.5. The zero-order valence-corrected chi connectivity index (χ0v) is 10.2. The summed E-state index contributed by atoms with van der Waals surface area (Å²) in [5.74, 6) is 0.882. The summed E-state index contributed by atoms with van der Waals surface area (Å²) in [6.07, 6.45) is 1.58. The van der Waals surface area contributed by atoms with Crippen molar-refractivity contribution in [1.29, 1.82) is 0 Å². The molecular weight excluding hydrogens is 204 g/mol. The standard InChI is InChI=1S/C11H20N4O/c1-10-8-11(14-9-13-10)12-4-5-15(2)6-7-16-3/h8-9H,4-7H2,1-3H3,(H,12,13,14). The lowest BCUT2D eigenvalue weighted by atomic mass is 10.4. The molecule has 0 aliphatic carbocycles. The van der Waals surface area contributed by atoms with Crippen LogP contribution in [0.5, 0.6) is 0 Å². The molecule has 0 atom stereocenters. The van der Waals surface area contributed by atoms with Crippen LogP contribution < -0.4 is 5.32 Å². The van der Waals surface area contributed by atoms with Gasteiger partial charge in [0, 0.05) is 38.5 Å². The van der Waals surface area contributed by atoms with Gasteiger partial charge >= 0.3 is 0 Å². The van der Waals surface area contributed by atoms with Crippen molar-refractivity contribution in [2.24, 2.45) is 0 Å². The first-order valence-electron chi connectivity index (χ1n) is 5.42. The third kappa shape index (κ3) is 5.04. The van der Waals surface area contributed by atoms with Gasteiger partial charge in [0.25, 0.3) is 0 Å². The van der Waals surface area contributed by atoms with Gasteiger partial charge in [0.2, 0.25) is 0 Å². The van der Waals surface area contributed by atoms with Crippen LogP contribution in [0.1, 0.15) is 5.69 Å². The highest BCUT2D eigenvalue weighted by molar-refractivity contribution is 5.34. The third-order valence-corrected chi connectivity index (χ3v) is 2.28. The normalized spacial score (nSPS) is 10.8. The monoisotopic (exact) mass is 224 g/mol. The van der Waals surface area contributed by atoms with Crippen LogP contribution in [0.3, 0.4) is 0 Å². The number of ether oxygens (including phenoxy) is 1. The van der Waals surface area contributed by atoms with E-state index in [-0.39, 0.29) is 0 Å². The number of likely N-dealkylation sites (N-methyl/N-ethyl adjacent to an activating group) is 1. The average Bonchev–Trinajstić information content (AvgIpc) is 2.26. The van der Waals surface area contributed by atoms with Crippen molar-refractivity contribution in [2.75, 3.05) is 45.7 Å². The van der Waals surface area contributed by atoms with Crippen molar-refractivity contribution in [3.05, 3.63) is 18.1 Å². The molecule has 0 unspecified atom stereocenters. The molecule has 16 heavy (non-hydrogen) atoms. The Hall–Kier alpha value is -1.20. The van der Waals surface area contributed by atoms with Gasteiger partial charge in [0.15, 0.2) is 0 Å². The molecule has 0 aliphatic rings.